The maximum absolute atomic E-state index is 14.7. The summed E-state index contributed by atoms with van der Waals surface area (Å²) in [6, 6.07) is 9.28. The van der Waals surface area contributed by atoms with E-state index in [2.05, 4.69) is 39.5 Å². The van der Waals surface area contributed by atoms with E-state index in [1.807, 2.05) is 56.3 Å². The maximum atomic E-state index is 14.7. The predicted octanol–water partition coefficient (Wildman–Crippen LogP) is 8.94. The molecule has 0 aliphatic heterocycles. The summed E-state index contributed by atoms with van der Waals surface area (Å²) in [4.78, 5) is 44.8. The number of allylic oxidation sites excluding steroid dienone is 4. The molecule has 44 heavy (non-hydrogen) atoms. The number of ether oxygens (including phenoxy) is 1. The molecule has 234 valence electrons. The molecule has 0 heterocycles. The standard InChI is InChI=1S/C39H49NO4/c1-34(2)18-20-39(17-15-31(42)44-25-12-10-9-11-13-25)21-19-38(7)32(26(39)23-34)28(41)22-30-36(5)24-27(40-8)33(43)35(3,4)29(36)14-16-37(30,38)6/h9-13,22,24,26,29,32H,14-21,23H2,1-7H3/t26-,29-,32-,36-,37+,38+,39+/m0/s1. The zero-order valence-electron chi connectivity index (χ0n) is 27.7. The van der Waals surface area contributed by atoms with Gasteiger partial charge in [0, 0.05) is 23.2 Å². The highest BCUT2D eigenvalue weighted by Gasteiger charge is 2.69. The molecule has 1 aromatic rings. The molecule has 5 aliphatic rings. The van der Waals surface area contributed by atoms with Gasteiger partial charge in [-0.25, -0.2) is 4.85 Å². The fraction of sp³-hybridized carbons (Fsp3) is 0.641. The Bertz CT molecular complexity index is 1510. The first-order valence-electron chi connectivity index (χ1n) is 16.7. The van der Waals surface area contributed by atoms with Crippen molar-refractivity contribution in [3.8, 4) is 5.75 Å². The minimum absolute atomic E-state index is 0.0483. The zero-order chi connectivity index (χ0) is 31.9. The van der Waals surface area contributed by atoms with Gasteiger partial charge in [-0.05, 0) is 103 Å². The van der Waals surface area contributed by atoms with Gasteiger partial charge in [-0.15, -0.1) is 0 Å². The lowest BCUT2D eigenvalue weighted by molar-refractivity contribution is -0.173. The van der Waals surface area contributed by atoms with Crippen LogP contribution in [0.5, 0.6) is 5.75 Å². The van der Waals surface area contributed by atoms with Crippen molar-refractivity contribution < 1.29 is 19.1 Å². The van der Waals surface area contributed by atoms with E-state index in [1.165, 1.54) is 0 Å². The van der Waals surface area contributed by atoms with Gasteiger partial charge in [-0.3, -0.25) is 9.59 Å². The Morgan fingerprint density at radius 3 is 2.32 bits per heavy atom. The van der Waals surface area contributed by atoms with Crippen molar-refractivity contribution in [2.75, 3.05) is 0 Å². The van der Waals surface area contributed by atoms with Crippen LogP contribution in [-0.4, -0.2) is 17.5 Å². The van der Waals surface area contributed by atoms with E-state index in [-0.39, 0.29) is 62.6 Å². The first-order chi connectivity index (χ1) is 20.5. The van der Waals surface area contributed by atoms with Crippen molar-refractivity contribution in [1.82, 2.24) is 0 Å². The Balaban J connectivity index is 1.39. The summed E-state index contributed by atoms with van der Waals surface area (Å²) in [5.41, 5.74) is -0.218. The van der Waals surface area contributed by atoms with Gasteiger partial charge in [0.1, 0.15) is 5.75 Å². The summed E-state index contributed by atoms with van der Waals surface area (Å²) < 4.78 is 5.69. The van der Waals surface area contributed by atoms with Crippen molar-refractivity contribution >= 4 is 17.5 Å². The second kappa shape index (κ2) is 10.0. The number of hydrogen-bond acceptors (Lipinski definition) is 4. The van der Waals surface area contributed by atoms with Crippen LogP contribution in [0.1, 0.15) is 106 Å². The minimum atomic E-state index is -0.657. The summed E-state index contributed by atoms with van der Waals surface area (Å²) in [7, 11) is 0. The van der Waals surface area contributed by atoms with E-state index in [4.69, 9.17) is 11.3 Å². The summed E-state index contributed by atoms with van der Waals surface area (Å²) in [5.74, 6) is 0.656. The van der Waals surface area contributed by atoms with Gasteiger partial charge < -0.3 is 9.53 Å². The van der Waals surface area contributed by atoms with Crippen LogP contribution in [0.15, 0.2) is 53.8 Å². The number of ketones is 2. The van der Waals surface area contributed by atoms with Crippen LogP contribution in [-0.2, 0) is 14.4 Å². The Morgan fingerprint density at radius 1 is 0.955 bits per heavy atom. The molecule has 0 amide bonds. The number of Topliss-reactive ketones (excluding diaryl/α,β-unsaturated/α-hetero) is 1. The molecule has 0 unspecified atom stereocenters. The van der Waals surface area contributed by atoms with Gasteiger partial charge >= 0.3 is 5.97 Å². The van der Waals surface area contributed by atoms with Crippen molar-refractivity contribution in [3.05, 3.63) is 65.2 Å². The molecule has 3 saturated carbocycles. The first kappa shape index (κ1) is 31.0. The molecule has 7 atom stereocenters. The molecular weight excluding hydrogens is 546 g/mol. The molecular formula is C39H49NO4. The van der Waals surface area contributed by atoms with Crippen LogP contribution < -0.4 is 4.74 Å². The van der Waals surface area contributed by atoms with Crippen molar-refractivity contribution in [2.45, 2.75) is 106 Å². The highest BCUT2D eigenvalue weighted by atomic mass is 16.5. The van der Waals surface area contributed by atoms with Crippen LogP contribution in [0.4, 0.5) is 0 Å². The number of para-hydroxylation sites is 1. The predicted molar refractivity (Wildman–Crippen MR) is 171 cm³/mol. The summed E-state index contributed by atoms with van der Waals surface area (Å²) in [6.45, 7) is 23.4. The molecule has 0 N–H and O–H groups in total. The summed E-state index contributed by atoms with van der Waals surface area (Å²) in [6.07, 6.45) is 11.9. The Hall–Kier alpha value is -3.00. The third kappa shape index (κ3) is 4.33. The molecule has 0 saturated heterocycles. The SMILES string of the molecule is [C-]#[N+]C1=C[C@]2(C)C3=CC(=O)[C@@H]4[C@@H]5CC(C)(C)CC[C@]5(CCC(=O)Oc5ccccc5)CC[C@@]4(C)[C@]3(C)CC[C@H]2C(C)(C)C1=O. The second-order valence-corrected chi connectivity index (χ2v) is 16.9. The molecule has 3 fully saturated rings. The first-order valence-corrected chi connectivity index (χ1v) is 16.7. The smallest absolute Gasteiger partial charge is 0.311 e. The Kier molecular flexibility index (Phi) is 7.05. The number of rotatable bonds is 4. The largest absolute Gasteiger partial charge is 0.427 e. The van der Waals surface area contributed by atoms with Crippen LogP contribution in [0.2, 0.25) is 0 Å². The lowest BCUT2D eigenvalue weighted by atomic mass is 9.34. The van der Waals surface area contributed by atoms with E-state index < -0.39 is 10.8 Å². The number of hydrogen-bond donors (Lipinski definition) is 0. The third-order valence-electron chi connectivity index (χ3n) is 13.8. The van der Waals surface area contributed by atoms with Gasteiger partial charge in [-0.2, -0.15) is 0 Å². The van der Waals surface area contributed by atoms with Gasteiger partial charge in [0.05, 0.1) is 6.57 Å². The molecule has 0 radical (unpaired) electrons. The third-order valence-corrected chi connectivity index (χ3v) is 13.8. The number of fused-ring (bicyclic) bond motifs is 7. The number of esters is 1. The normalized spacial score (nSPS) is 40.2. The van der Waals surface area contributed by atoms with Crippen molar-refractivity contribution in [1.29, 1.82) is 0 Å². The number of nitrogens with zero attached hydrogens (tertiary/aromatic N) is 1. The number of carbonyl (C=O) groups excluding carboxylic acids is 3. The highest BCUT2D eigenvalue weighted by molar-refractivity contribution is 6.03. The molecule has 5 aliphatic carbocycles. The van der Waals surface area contributed by atoms with E-state index in [0.717, 1.165) is 56.9 Å². The number of carbonyl (C=O) groups is 3. The maximum Gasteiger partial charge on any atom is 0.311 e. The monoisotopic (exact) mass is 595 g/mol. The Labute approximate surface area is 263 Å². The molecule has 6 rings (SSSR count). The molecule has 1 aromatic carbocycles. The summed E-state index contributed by atoms with van der Waals surface area (Å²) >= 11 is 0. The molecule has 0 aromatic heterocycles. The van der Waals surface area contributed by atoms with Gasteiger partial charge in [0.2, 0.25) is 5.70 Å². The van der Waals surface area contributed by atoms with E-state index >= 15 is 0 Å². The topological polar surface area (TPSA) is 64.8 Å². The van der Waals surface area contributed by atoms with E-state index in [9.17, 15) is 14.4 Å². The second-order valence-electron chi connectivity index (χ2n) is 16.9. The fourth-order valence-electron chi connectivity index (χ4n) is 11.2. The van der Waals surface area contributed by atoms with Gasteiger partial charge in [0.25, 0.3) is 0 Å². The lowest BCUT2D eigenvalue weighted by Gasteiger charge is -2.69. The van der Waals surface area contributed by atoms with Crippen molar-refractivity contribution in [2.24, 2.45) is 50.2 Å². The summed E-state index contributed by atoms with van der Waals surface area (Å²) in [5, 5.41) is 0. The van der Waals surface area contributed by atoms with Crippen LogP contribution >= 0.6 is 0 Å². The highest BCUT2D eigenvalue weighted by Crippen LogP contribution is 2.75. The quantitative estimate of drug-likeness (QED) is 0.198. The fourth-order valence-corrected chi connectivity index (χ4v) is 11.2. The number of benzene rings is 1. The minimum Gasteiger partial charge on any atom is -0.427 e. The average molecular weight is 596 g/mol. The zero-order valence-corrected chi connectivity index (χ0v) is 27.7. The Morgan fingerprint density at radius 2 is 1.64 bits per heavy atom. The molecule has 5 heteroatoms. The van der Waals surface area contributed by atoms with Crippen LogP contribution in [0.3, 0.4) is 0 Å². The average Bonchev–Trinajstić information content (AvgIpc) is 2.96. The molecule has 0 spiro atoms. The molecule has 5 nitrogen and oxygen atoms in total. The molecule has 0 bridgehead atoms. The van der Waals surface area contributed by atoms with Crippen LogP contribution in [0, 0.1) is 56.8 Å². The van der Waals surface area contributed by atoms with Gasteiger partial charge in [-0.1, -0.05) is 78.3 Å². The lowest BCUT2D eigenvalue weighted by Crippen LogP contribution is -2.64. The van der Waals surface area contributed by atoms with E-state index in [0.29, 0.717) is 12.2 Å². The van der Waals surface area contributed by atoms with E-state index in [1.54, 1.807) is 0 Å². The van der Waals surface area contributed by atoms with Crippen LogP contribution in [0.25, 0.3) is 4.85 Å². The van der Waals surface area contributed by atoms with Crippen molar-refractivity contribution in [3.63, 3.8) is 0 Å². The van der Waals surface area contributed by atoms with Gasteiger partial charge in [0.15, 0.2) is 11.6 Å².